The standard InChI is InChI=1S/C24H22N4O/c1-17-14-21(18(2)28(17)23-12-5-6-13-25-23)16-26-27-24(29)15-20-10-7-9-19-8-3-4-11-22(19)20/h3-14,16H,15H2,1-2H3,(H,27,29)/b26-16-. The zero-order chi connectivity index (χ0) is 20.2. The van der Waals surface area contributed by atoms with Gasteiger partial charge >= 0.3 is 0 Å². The van der Waals surface area contributed by atoms with Crippen LogP contribution in [0.5, 0.6) is 0 Å². The molecule has 0 spiro atoms. The summed E-state index contributed by atoms with van der Waals surface area (Å²) in [7, 11) is 0. The Labute approximate surface area is 169 Å². The van der Waals surface area contributed by atoms with Gasteiger partial charge in [0.2, 0.25) is 5.91 Å². The average molecular weight is 382 g/mol. The van der Waals surface area contributed by atoms with Crippen molar-refractivity contribution in [3.8, 4) is 5.82 Å². The first-order chi connectivity index (χ1) is 14.1. The quantitative estimate of drug-likeness (QED) is 0.412. The number of amides is 1. The number of fused-ring (bicyclic) bond motifs is 1. The lowest BCUT2D eigenvalue weighted by molar-refractivity contribution is -0.120. The minimum Gasteiger partial charge on any atom is -0.303 e. The fourth-order valence-electron chi connectivity index (χ4n) is 3.59. The Bertz CT molecular complexity index is 1190. The van der Waals surface area contributed by atoms with Crippen LogP contribution in [0.1, 0.15) is 22.5 Å². The van der Waals surface area contributed by atoms with Gasteiger partial charge in [0.15, 0.2) is 0 Å². The molecule has 0 saturated heterocycles. The molecule has 144 valence electrons. The SMILES string of the molecule is Cc1cc(/C=N\NC(=O)Cc2cccc3ccccc23)c(C)n1-c1ccccn1. The van der Waals surface area contributed by atoms with Crippen LogP contribution in [0, 0.1) is 13.8 Å². The van der Waals surface area contributed by atoms with Crippen LogP contribution in [0.2, 0.25) is 0 Å². The van der Waals surface area contributed by atoms with E-state index in [1.807, 2.05) is 80.6 Å². The van der Waals surface area contributed by atoms with Crippen molar-refractivity contribution in [2.75, 3.05) is 0 Å². The number of nitrogens with one attached hydrogen (secondary N) is 1. The van der Waals surface area contributed by atoms with E-state index in [9.17, 15) is 4.79 Å². The number of hydrogen-bond acceptors (Lipinski definition) is 3. The van der Waals surface area contributed by atoms with Gasteiger partial charge in [-0.3, -0.25) is 4.79 Å². The van der Waals surface area contributed by atoms with Gasteiger partial charge in [0, 0.05) is 23.1 Å². The van der Waals surface area contributed by atoms with E-state index in [2.05, 4.69) is 20.1 Å². The van der Waals surface area contributed by atoms with Crippen molar-refractivity contribution in [3.05, 3.63) is 95.4 Å². The third-order valence-electron chi connectivity index (χ3n) is 4.97. The van der Waals surface area contributed by atoms with E-state index in [0.717, 1.165) is 39.1 Å². The van der Waals surface area contributed by atoms with Crippen molar-refractivity contribution in [2.45, 2.75) is 20.3 Å². The fraction of sp³-hybridized carbons (Fsp3) is 0.125. The summed E-state index contributed by atoms with van der Waals surface area (Å²) in [6.45, 7) is 4.04. The largest absolute Gasteiger partial charge is 0.303 e. The zero-order valence-electron chi connectivity index (χ0n) is 16.5. The molecule has 0 bridgehead atoms. The molecule has 0 unspecified atom stereocenters. The van der Waals surface area contributed by atoms with Crippen molar-refractivity contribution in [3.63, 3.8) is 0 Å². The number of benzene rings is 2. The van der Waals surface area contributed by atoms with E-state index in [0.29, 0.717) is 0 Å². The molecule has 0 aliphatic rings. The molecule has 2 aromatic heterocycles. The van der Waals surface area contributed by atoms with Gasteiger partial charge in [-0.25, -0.2) is 10.4 Å². The van der Waals surface area contributed by atoms with Crippen LogP contribution in [0.4, 0.5) is 0 Å². The van der Waals surface area contributed by atoms with E-state index < -0.39 is 0 Å². The number of carbonyl (C=O) groups is 1. The number of aryl methyl sites for hydroxylation is 1. The van der Waals surface area contributed by atoms with Crippen molar-refractivity contribution >= 4 is 22.9 Å². The third kappa shape index (κ3) is 3.94. The van der Waals surface area contributed by atoms with Gasteiger partial charge in [0.25, 0.3) is 0 Å². The maximum Gasteiger partial charge on any atom is 0.244 e. The van der Waals surface area contributed by atoms with E-state index in [4.69, 9.17) is 0 Å². The van der Waals surface area contributed by atoms with Gasteiger partial charge in [0.1, 0.15) is 5.82 Å². The van der Waals surface area contributed by atoms with Gasteiger partial charge < -0.3 is 4.57 Å². The molecule has 4 aromatic rings. The van der Waals surface area contributed by atoms with E-state index in [-0.39, 0.29) is 12.3 Å². The maximum atomic E-state index is 12.4. The number of carbonyl (C=O) groups excluding carboxylic acids is 1. The lowest BCUT2D eigenvalue weighted by Gasteiger charge is -2.07. The summed E-state index contributed by atoms with van der Waals surface area (Å²) < 4.78 is 2.07. The molecule has 1 amide bonds. The molecule has 0 aliphatic carbocycles. The van der Waals surface area contributed by atoms with Crippen LogP contribution in [0.3, 0.4) is 0 Å². The molecule has 0 fully saturated rings. The second kappa shape index (κ2) is 8.10. The highest BCUT2D eigenvalue weighted by molar-refractivity contribution is 5.90. The summed E-state index contributed by atoms with van der Waals surface area (Å²) in [5.74, 6) is 0.721. The first-order valence-corrected chi connectivity index (χ1v) is 9.52. The highest BCUT2D eigenvalue weighted by Gasteiger charge is 2.10. The Morgan fingerprint density at radius 3 is 2.69 bits per heavy atom. The number of nitrogens with zero attached hydrogens (tertiary/aromatic N) is 3. The first kappa shape index (κ1) is 18.6. The molecule has 2 heterocycles. The highest BCUT2D eigenvalue weighted by atomic mass is 16.2. The van der Waals surface area contributed by atoms with Gasteiger partial charge in [-0.2, -0.15) is 5.10 Å². The molecular formula is C24H22N4O. The molecule has 0 atom stereocenters. The van der Waals surface area contributed by atoms with Gasteiger partial charge in [-0.15, -0.1) is 0 Å². The molecule has 4 rings (SSSR count). The number of rotatable bonds is 5. The molecule has 29 heavy (non-hydrogen) atoms. The minimum absolute atomic E-state index is 0.142. The molecule has 5 nitrogen and oxygen atoms in total. The van der Waals surface area contributed by atoms with E-state index in [1.54, 1.807) is 12.4 Å². The van der Waals surface area contributed by atoms with Gasteiger partial charge in [0.05, 0.1) is 12.6 Å². The molecule has 0 aliphatic heterocycles. The maximum absolute atomic E-state index is 12.4. The molecule has 2 aromatic carbocycles. The predicted molar refractivity (Wildman–Crippen MR) is 116 cm³/mol. The number of hydrogen-bond donors (Lipinski definition) is 1. The predicted octanol–water partition coefficient (Wildman–Crippen LogP) is 4.34. The normalized spacial score (nSPS) is 11.2. The van der Waals surface area contributed by atoms with Crippen molar-refractivity contribution in [2.24, 2.45) is 5.10 Å². The van der Waals surface area contributed by atoms with Crippen molar-refractivity contribution in [1.82, 2.24) is 15.0 Å². The molecule has 5 heteroatoms. The minimum atomic E-state index is -0.142. The number of aromatic nitrogens is 2. The summed E-state index contributed by atoms with van der Waals surface area (Å²) in [6, 6.07) is 21.9. The second-order valence-corrected chi connectivity index (χ2v) is 6.96. The van der Waals surface area contributed by atoms with E-state index in [1.165, 1.54) is 0 Å². The topological polar surface area (TPSA) is 59.3 Å². The Morgan fingerprint density at radius 1 is 1.07 bits per heavy atom. The molecule has 1 N–H and O–H groups in total. The van der Waals surface area contributed by atoms with Crippen molar-refractivity contribution < 1.29 is 4.79 Å². The lowest BCUT2D eigenvalue weighted by Crippen LogP contribution is -2.20. The zero-order valence-corrected chi connectivity index (χ0v) is 16.5. The smallest absolute Gasteiger partial charge is 0.244 e. The highest BCUT2D eigenvalue weighted by Crippen LogP contribution is 2.19. The van der Waals surface area contributed by atoms with Crippen LogP contribution in [-0.4, -0.2) is 21.7 Å². The Kier molecular flexibility index (Phi) is 5.20. The lowest BCUT2D eigenvalue weighted by atomic mass is 10.0. The summed E-state index contributed by atoms with van der Waals surface area (Å²) in [5.41, 5.74) is 6.66. The van der Waals surface area contributed by atoms with Gasteiger partial charge in [-0.1, -0.05) is 48.5 Å². The average Bonchev–Trinajstić information content (AvgIpc) is 3.02. The summed E-state index contributed by atoms with van der Waals surface area (Å²) in [6.07, 6.45) is 3.74. The first-order valence-electron chi connectivity index (χ1n) is 9.52. The molecule has 0 radical (unpaired) electrons. The van der Waals surface area contributed by atoms with Crippen LogP contribution >= 0.6 is 0 Å². The van der Waals surface area contributed by atoms with Crippen LogP contribution in [0.15, 0.2) is 78.0 Å². The Morgan fingerprint density at radius 2 is 1.86 bits per heavy atom. The summed E-state index contributed by atoms with van der Waals surface area (Å²) >= 11 is 0. The summed E-state index contributed by atoms with van der Waals surface area (Å²) in [4.78, 5) is 16.8. The summed E-state index contributed by atoms with van der Waals surface area (Å²) in [5, 5.41) is 6.39. The van der Waals surface area contributed by atoms with Crippen LogP contribution in [-0.2, 0) is 11.2 Å². The third-order valence-corrected chi connectivity index (χ3v) is 4.97. The monoisotopic (exact) mass is 382 g/mol. The van der Waals surface area contributed by atoms with Crippen molar-refractivity contribution in [1.29, 1.82) is 0 Å². The molecular weight excluding hydrogens is 360 g/mol. The van der Waals surface area contributed by atoms with Crippen LogP contribution in [0.25, 0.3) is 16.6 Å². The number of hydrazone groups is 1. The second-order valence-electron chi connectivity index (χ2n) is 6.96. The van der Waals surface area contributed by atoms with Crippen LogP contribution < -0.4 is 5.43 Å². The number of pyridine rings is 1. The molecule has 0 saturated carbocycles. The van der Waals surface area contributed by atoms with Gasteiger partial charge in [-0.05, 0) is 48.4 Å². The van der Waals surface area contributed by atoms with E-state index >= 15 is 0 Å². The fourth-order valence-corrected chi connectivity index (χ4v) is 3.59. The Balaban J connectivity index is 1.47. The Hall–Kier alpha value is -3.73.